The van der Waals surface area contributed by atoms with Crippen molar-refractivity contribution in [3.63, 3.8) is 0 Å². The molecule has 2 aromatic rings. The number of hydroxylamine groups is 2. The third-order valence-electron chi connectivity index (χ3n) is 5.84. The van der Waals surface area contributed by atoms with Gasteiger partial charge >= 0.3 is 6.03 Å². The maximum atomic E-state index is 11.9. The molecule has 168 valence electrons. The summed E-state index contributed by atoms with van der Waals surface area (Å²) in [7, 11) is 0. The van der Waals surface area contributed by atoms with Crippen LogP contribution in [0.1, 0.15) is 60.7 Å². The van der Waals surface area contributed by atoms with E-state index in [0.29, 0.717) is 25.6 Å². The van der Waals surface area contributed by atoms with Crippen LogP contribution in [-0.2, 0) is 13.1 Å². The molecule has 0 saturated carbocycles. The maximum Gasteiger partial charge on any atom is 0.343 e. The van der Waals surface area contributed by atoms with Crippen LogP contribution in [0.5, 0.6) is 0 Å². The second-order valence-corrected chi connectivity index (χ2v) is 8.78. The molecule has 7 heteroatoms. The van der Waals surface area contributed by atoms with Crippen LogP contribution in [0.2, 0.25) is 0 Å². The van der Waals surface area contributed by atoms with Crippen LogP contribution in [0.3, 0.4) is 0 Å². The molecule has 1 N–H and O–H groups in total. The van der Waals surface area contributed by atoms with Gasteiger partial charge in [0.25, 0.3) is 0 Å². The van der Waals surface area contributed by atoms with Crippen molar-refractivity contribution in [1.82, 2.24) is 24.8 Å². The molecule has 0 radical (unpaired) electrons. The Kier molecular flexibility index (Phi) is 7.98. The molecule has 1 saturated heterocycles. The number of rotatable bonds is 10. The quantitative estimate of drug-likeness (QED) is 0.458. The predicted molar refractivity (Wildman–Crippen MR) is 121 cm³/mol. The SMILES string of the molecule is Cc1cnc(CN(CCCCN2CCN(O)C2=O)Cc2ncccc2C(C)C)c(C)c1. The van der Waals surface area contributed by atoms with Crippen LogP contribution in [0.4, 0.5) is 4.79 Å². The first-order chi connectivity index (χ1) is 14.8. The second-order valence-electron chi connectivity index (χ2n) is 8.78. The van der Waals surface area contributed by atoms with Crippen molar-refractivity contribution in [2.24, 2.45) is 0 Å². The molecule has 0 spiro atoms. The van der Waals surface area contributed by atoms with Crippen molar-refractivity contribution in [1.29, 1.82) is 0 Å². The van der Waals surface area contributed by atoms with Crippen LogP contribution < -0.4 is 0 Å². The molecule has 0 aromatic carbocycles. The van der Waals surface area contributed by atoms with Gasteiger partial charge in [-0.15, -0.1) is 0 Å². The Balaban J connectivity index is 1.66. The summed E-state index contributed by atoms with van der Waals surface area (Å²) in [5.41, 5.74) is 5.88. The minimum Gasteiger partial charge on any atom is -0.321 e. The molecule has 7 nitrogen and oxygen atoms in total. The van der Waals surface area contributed by atoms with Gasteiger partial charge in [0.2, 0.25) is 0 Å². The fraction of sp³-hybridized carbons (Fsp3) is 0.542. The number of carbonyl (C=O) groups excluding carboxylic acids is 1. The first-order valence-corrected chi connectivity index (χ1v) is 11.2. The van der Waals surface area contributed by atoms with Gasteiger partial charge in [0.05, 0.1) is 17.9 Å². The molecule has 1 fully saturated rings. The molecule has 0 aliphatic carbocycles. The van der Waals surface area contributed by atoms with Crippen LogP contribution in [0.15, 0.2) is 30.6 Å². The van der Waals surface area contributed by atoms with Crippen LogP contribution in [0, 0.1) is 13.8 Å². The van der Waals surface area contributed by atoms with E-state index < -0.39 is 0 Å². The van der Waals surface area contributed by atoms with E-state index in [1.807, 2.05) is 18.5 Å². The molecule has 31 heavy (non-hydrogen) atoms. The number of hydrogen-bond acceptors (Lipinski definition) is 5. The normalized spacial score (nSPS) is 14.4. The number of hydrogen-bond donors (Lipinski definition) is 1. The molecule has 3 rings (SSSR count). The number of amides is 2. The third-order valence-corrected chi connectivity index (χ3v) is 5.84. The van der Waals surface area contributed by atoms with Gasteiger partial charge in [0, 0.05) is 38.6 Å². The smallest absolute Gasteiger partial charge is 0.321 e. The Morgan fingerprint density at radius 3 is 2.58 bits per heavy atom. The topological polar surface area (TPSA) is 72.8 Å². The molecule has 0 atom stereocenters. The third kappa shape index (κ3) is 6.24. The number of unbranched alkanes of at least 4 members (excludes halogenated alkanes) is 1. The zero-order valence-corrected chi connectivity index (χ0v) is 19.2. The van der Waals surface area contributed by atoms with Crippen molar-refractivity contribution in [2.75, 3.05) is 26.2 Å². The molecule has 2 amide bonds. The summed E-state index contributed by atoms with van der Waals surface area (Å²) in [6.07, 6.45) is 5.66. The van der Waals surface area contributed by atoms with Crippen molar-refractivity contribution in [3.05, 3.63) is 58.7 Å². The summed E-state index contributed by atoms with van der Waals surface area (Å²) in [6.45, 7) is 12.7. The monoisotopic (exact) mass is 425 g/mol. The lowest BCUT2D eigenvalue weighted by molar-refractivity contribution is -0.0266. The average molecular weight is 426 g/mol. The van der Waals surface area contributed by atoms with Crippen molar-refractivity contribution < 1.29 is 10.0 Å². The Morgan fingerprint density at radius 1 is 1.13 bits per heavy atom. The molecular weight excluding hydrogens is 390 g/mol. The lowest BCUT2D eigenvalue weighted by atomic mass is 10.0. The summed E-state index contributed by atoms with van der Waals surface area (Å²) >= 11 is 0. The number of urea groups is 1. The standard InChI is InChI=1S/C24H35N5O2/c1-18(2)21-8-7-9-25-23(21)17-27(16-22-20(4)14-19(3)15-26-22)10-5-6-11-28-12-13-29(31)24(28)30/h7-9,14-15,18,31H,5-6,10-13,16-17H2,1-4H3. The van der Waals surface area contributed by atoms with Gasteiger partial charge in [-0.25, -0.2) is 9.86 Å². The zero-order valence-electron chi connectivity index (χ0n) is 19.2. The minimum absolute atomic E-state index is 0.286. The first-order valence-electron chi connectivity index (χ1n) is 11.2. The van der Waals surface area contributed by atoms with E-state index in [4.69, 9.17) is 0 Å². The van der Waals surface area contributed by atoms with Crippen molar-refractivity contribution in [2.45, 2.75) is 59.5 Å². The van der Waals surface area contributed by atoms with Gasteiger partial charge in [-0.1, -0.05) is 26.0 Å². The first kappa shape index (κ1) is 23.2. The summed E-state index contributed by atoms with van der Waals surface area (Å²) < 4.78 is 0. The highest BCUT2D eigenvalue weighted by molar-refractivity contribution is 5.75. The Hall–Kier alpha value is -2.51. The summed E-state index contributed by atoms with van der Waals surface area (Å²) in [5, 5.41) is 10.3. The zero-order chi connectivity index (χ0) is 22.4. The lowest BCUT2D eigenvalue weighted by Crippen LogP contribution is -2.31. The van der Waals surface area contributed by atoms with Gasteiger partial charge in [0.15, 0.2) is 0 Å². The van der Waals surface area contributed by atoms with Crippen molar-refractivity contribution in [3.8, 4) is 0 Å². The fourth-order valence-electron chi connectivity index (χ4n) is 4.07. The average Bonchev–Trinajstić information content (AvgIpc) is 3.05. The van der Waals surface area contributed by atoms with E-state index in [2.05, 4.69) is 54.7 Å². The highest BCUT2D eigenvalue weighted by Gasteiger charge is 2.26. The van der Waals surface area contributed by atoms with E-state index in [9.17, 15) is 10.0 Å². The lowest BCUT2D eigenvalue weighted by Gasteiger charge is -2.25. The van der Waals surface area contributed by atoms with Gasteiger partial charge in [-0.3, -0.25) is 20.1 Å². The number of carbonyl (C=O) groups is 1. The molecule has 1 aliphatic heterocycles. The number of aromatic nitrogens is 2. The Labute approximate surface area is 185 Å². The largest absolute Gasteiger partial charge is 0.343 e. The highest BCUT2D eigenvalue weighted by Crippen LogP contribution is 2.20. The van der Waals surface area contributed by atoms with Crippen LogP contribution in [0.25, 0.3) is 0 Å². The van der Waals surface area contributed by atoms with Gasteiger partial charge in [-0.2, -0.15) is 0 Å². The molecular formula is C24H35N5O2. The maximum absolute atomic E-state index is 11.9. The summed E-state index contributed by atoms with van der Waals surface area (Å²) in [6, 6.07) is 6.07. The van der Waals surface area contributed by atoms with Gasteiger partial charge in [0.1, 0.15) is 0 Å². The van der Waals surface area contributed by atoms with E-state index in [0.717, 1.165) is 48.9 Å². The van der Waals surface area contributed by atoms with Crippen LogP contribution >= 0.6 is 0 Å². The van der Waals surface area contributed by atoms with E-state index in [1.165, 1.54) is 16.7 Å². The van der Waals surface area contributed by atoms with Gasteiger partial charge < -0.3 is 4.90 Å². The molecule has 2 aromatic heterocycles. The molecule has 3 heterocycles. The number of pyridine rings is 2. The van der Waals surface area contributed by atoms with E-state index in [1.54, 1.807) is 4.90 Å². The number of aryl methyl sites for hydroxylation is 2. The predicted octanol–water partition coefficient (Wildman–Crippen LogP) is 4.13. The Bertz CT molecular complexity index is 886. The van der Waals surface area contributed by atoms with E-state index >= 15 is 0 Å². The summed E-state index contributed by atoms with van der Waals surface area (Å²) in [5.74, 6) is 0.424. The number of nitrogens with zero attached hydrogens (tertiary/aromatic N) is 5. The molecule has 0 unspecified atom stereocenters. The Morgan fingerprint density at radius 2 is 1.90 bits per heavy atom. The minimum atomic E-state index is -0.286. The summed E-state index contributed by atoms with van der Waals surface area (Å²) in [4.78, 5) is 25.3. The highest BCUT2D eigenvalue weighted by atomic mass is 16.5. The van der Waals surface area contributed by atoms with Crippen molar-refractivity contribution >= 4 is 6.03 Å². The fourth-order valence-corrected chi connectivity index (χ4v) is 4.07. The van der Waals surface area contributed by atoms with Crippen LogP contribution in [-0.4, -0.2) is 62.2 Å². The second kappa shape index (κ2) is 10.7. The molecule has 0 bridgehead atoms. The van der Waals surface area contributed by atoms with E-state index in [-0.39, 0.29) is 6.03 Å². The molecule has 1 aliphatic rings. The van der Waals surface area contributed by atoms with Gasteiger partial charge in [-0.05, 0) is 61.9 Å².